The van der Waals surface area contributed by atoms with Crippen molar-refractivity contribution in [2.45, 2.75) is 56.0 Å². The minimum Gasteiger partial charge on any atom is -0.342 e. The standard InChI is InChI=1S/C17H21ClN4O2S/c1-12-20-16(22-24-12)17(8-4-2-3-5-9-17)21-14(23)11-25-15-13(18)7-6-10-19-15/h6-7,10H,2-5,8-9,11H2,1H3,(H,21,23). The predicted molar refractivity (Wildman–Crippen MR) is 96.5 cm³/mol. The van der Waals surface area contributed by atoms with Gasteiger partial charge >= 0.3 is 0 Å². The zero-order chi connectivity index (χ0) is 17.7. The van der Waals surface area contributed by atoms with Gasteiger partial charge in [-0.05, 0) is 25.0 Å². The molecule has 0 aromatic carbocycles. The summed E-state index contributed by atoms with van der Waals surface area (Å²) < 4.78 is 5.17. The Bertz CT molecular complexity index is 729. The maximum Gasteiger partial charge on any atom is 0.231 e. The quantitative estimate of drug-likeness (QED) is 0.626. The molecule has 0 bridgehead atoms. The summed E-state index contributed by atoms with van der Waals surface area (Å²) in [6.45, 7) is 1.77. The van der Waals surface area contributed by atoms with E-state index in [-0.39, 0.29) is 11.7 Å². The zero-order valence-electron chi connectivity index (χ0n) is 14.1. The minimum absolute atomic E-state index is 0.0731. The molecule has 0 aliphatic heterocycles. The van der Waals surface area contributed by atoms with Crippen LogP contribution in [0, 0.1) is 6.92 Å². The summed E-state index contributed by atoms with van der Waals surface area (Å²) in [5.41, 5.74) is -0.542. The van der Waals surface area contributed by atoms with Gasteiger partial charge in [0.1, 0.15) is 10.6 Å². The molecule has 8 heteroatoms. The normalized spacial score (nSPS) is 17.0. The Labute approximate surface area is 156 Å². The highest BCUT2D eigenvalue weighted by atomic mass is 35.5. The van der Waals surface area contributed by atoms with Gasteiger partial charge in [-0.1, -0.05) is 54.2 Å². The summed E-state index contributed by atoms with van der Waals surface area (Å²) in [5, 5.41) is 8.48. The van der Waals surface area contributed by atoms with E-state index in [9.17, 15) is 4.79 Å². The third-order valence-electron chi connectivity index (χ3n) is 4.36. The van der Waals surface area contributed by atoms with E-state index < -0.39 is 5.54 Å². The van der Waals surface area contributed by atoms with Gasteiger partial charge in [0.05, 0.1) is 10.8 Å². The molecule has 25 heavy (non-hydrogen) atoms. The lowest BCUT2D eigenvalue weighted by Gasteiger charge is -2.30. The summed E-state index contributed by atoms with van der Waals surface area (Å²) in [6.07, 6.45) is 7.71. The lowest BCUT2D eigenvalue weighted by atomic mass is 9.89. The first kappa shape index (κ1) is 18.2. The Balaban J connectivity index is 1.71. The molecule has 1 aliphatic carbocycles. The van der Waals surface area contributed by atoms with Crippen LogP contribution < -0.4 is 5.32 Å². The molecule has 6 nitrogen and oxygen atoms in total. The SMILES string of the molecule is Cc1nc(C2(NC(=O)CSc3ncccc3Cl)CCCCCC2)no1. The minimum atomic E-state index is -0.542. The molecule has 1 fully saturated rings. The van der Waals surface area contributed by atoms with Gasteiger partial charge in [-0.2, -0.15) is 4.98 Å². The fourth-order valence-electron chi connectivity index (χ4n) is 3.14. The molecule has 1 N–H and O–H groups in total. The predicted octanol–water partition coefficient (Wildman–Crippen LogP) is 3.88. The summed E-state index contributed by atoms with van der Waals surface area (Å²) >= 11 is 7.43. The molecule has 0 saturated heterocycles. The van der Waals surface area contributed by atoms with Gasteiger partial charge in [0.15, 0.2) is 5.82 Å². The number of hydrogen-bond donors (Lipinski definition) is 1. The third-order valence-corrected chi connectivity index (χ3v) is 5.78. The van der Waals surface area contributed by atoms with Crippen LogP contribution >= 0.6 is 23.4 Å². The first-order chi connectivity index (χ1) is 12.1. The van der Waals surface area contributed by atoms with E-state index >= 15 is 0 Å². The molecule has 0 unspecified atom stereocenters. The number of pyridine rings is 1. The molecular weight excluding hydrogens is 360 g/mol. The average Bonchev–Trinajstić information content (AvgIpc) is 2.90. The van der Waals surface area contributed by atoms with Crippen LogP contribution in [-0.2, 0) is 10.3 Å². The van der Waals surface area contributed by atoms with Crippen LogP contribution in [0.5, 0.6) is 0 Å². The van der Waals surface area contributed by atoms with Crippen molar-refractivity contribution >= 4 is 29.3 Å². The monoisotopic (exact) mass is 380 g/mol. The maximum absolute atomic E-state index is 12.6. The fraction of sp³-hybridized carbons (Fsp3) is 0.529. The molecule has 1 aliphatic rings. The van der Waals surface area contributed by atoms with Crippen LogP contribution in [0.4, 0.5) is 0 Å². The van der Waals surface area contributed by atoms with E-state index in [1.54, 1.807) is 25.3 Å². The molecule has 0 radical (unpaired) electrons. The van der Waals surface area contributed by atoms with Gasteiger partial charge < -0.3 is 9.84 Å². The second kappa shape index (κ2) is 8.19. The highest BCUT2D eigenvalue weighted by molar-refractivity contribution is 8.00. The van der Waals surface area contributed by atoms with Crippen molar-refractivity contribution in [3.8, 4) is 0 Å². The fourth-order valence-corrected chi connectivity index (χ4v) is 4.11. The smallest absolute Gasteiger partial charge is 0.231 e. The molecule has 0 atom stereocenters. The molecule has 2 heterocycles. The van der Waals surface area contributed by atoms with Crippen molar-refractivity contribution in [3.63, 3.8) is 0 Å². The van der Waals surface area contributed by atoms with E-state index in [4.69, 9.17) is 16.1 Å². The number of hydrogen-bond acceptors (Lipinski definition) is 6. The molecule has 3 rings (SSSR count). The molecule has 2 aromatic rings. The lowest BCUT2D eigenvalue weighted by Crippen LogP contribution is -2.47. The van der Waals surface area contributed by atoms with Gasteiger partial charge in [0.25, 0.3) is 0 Å². The second-order valence-corrected chi connectivity index (χ2v) is 7.63. The second-order valence-electron chi connectivity index (χ2n) is 6.26. The topological polar surface area (TPSA) is 80.9 Å². The van der Waals surface area contributed by atoms with Crippen molar-refractivity contribution in [1.29, 1.82) is 0 Å². The van der Waals surface area contributed by atoms with Crippen LogP contribution in [0.25, 0.3) is 0 Å². The Morgan fingerprint density at radius 1 is 1.36 bits per heavy atom. The largest absolute Gasteiger partial charge is 0.342 e. The number of carbonyl (C=O) groups excluding carboxylic acids is 1. The number of thioether (sulfide) groups is 1. The number of amides is 1. The Kier molecular flexibility index (Phi) is 5.96. The van der Waals surface area contributed by atoms with E-state index in [0.717, 1.165) is 38.5 Å². The van der Waals surface area contributed by atoms with Crippen LogP contribution in [0.2, 0.25) is 5.02 Å². The van der Waals surface area contributed by atoms with Crippen molar-refractivity contribution in [3.05, 3.63) is 35.1 Å². The Hall–Kier alpha value is -1.60. The van der Waals surface area contributed by atoms with Crippen LogP contribution in [0.3, 0.4) is 0 Å². The molecular formula is C17H21ClN4O2S. The van der Waals surface area contributed by atoms with Crippen molar-refractivity contribution in [1.82, 2.24) is 20.4 Å². The Morgan fingerprint density at radius 3 is 2.76 bits per heavy atom. The number of aryl methyl sites for hydroxylation is 1. The summed E-state index contributed by atoms with van der Waals surface area (Å²) in [7, 11) is 0. The van der Waals surface area contributed by atoms with Gasteiger partial charge in [-0.15, -0.1) is 0 Å². The summed E-state index contributed by atoms with van der Waals surface area (Å²) in [6, 6.07) is 3.54. The number of halogens is 1. The van der Waals surface area contributed by atoms with Crippen LogP contribution in [-0.4, -0.2) is 26.8 Å². The van der Waals surface area contributed by atoms with Gasteiger partial charge in [-0.3, -0.25) is 4.79 Å². The molecule has 1 saturated carbocycles. The van der Waals surface area contributed by atoms with Gasteiger partial charge in [0, 0.05) is 13.1 Å². The zero-order valence-corrected chi connectivity index (χ0v) is 15.7. The lowest BCUT2D eigenvalue weighted by molar-refractivity contribution is -0.120. The number of nitrogens with zero attached hydrogens (tertiary/aromatic N) is 3. The number of nitrogens with one attached hydrogen (secondary N) is 1. The highest BCUT2D eigenvalue weighted by Crippen LogP contribution is 2.35. The maximum atomic E-state index is 12.6. The van der Waals surface area contributed by atoms with E-state index in [1.807, 2.05) is 0 Å². The highest BCUT2D eigenvalue weighted by Gasteiger charge is 2.38. The first-order valence-corrected chi connectivity index (χ1v) is 9.80. The van der Waals surface area contributed by atoms with E-state index in [0.29, 0.717) is 21.8 Å². The average molecular weight is 381 g/mol. The number of rotatable bonds is 5. The summed E-state index contributed by atoms with van der Waals surface area (Å²) in [4.78, 5) is 21.2. The van der Waals surface area contributed by atoms with Crippen LogP contribution in [0.15, 0.2) is 27.9 Å². The summed E-state index contributed by atoms with van der Waals surface area (Å²) in [5.74, 6) is 1.27. The van der Waals surface area contributed by atoms with Crippen molar-refractivity contribution in [2.24, 2.45) is 0 Å². The molecule has 134 valence electrons. The molecule has 2 aromatic heterocycles. The molecule has 0 spiro atoms. The van der Waals surface area contributed by atoms with E-state index in [2.05, 4.69) is 20.4 Å². The van der Waals surface area contributed by atoms with E-state index in [1.165, 1.54) is 11.8 Å². The number of aromatic nitrogens is 3. The third kappa shape index (κ3) is 4.52. The van der Waals surface area contributed by atoms with Crippen molar-refractivity contribution < 1.29 is 9.32 Å². The first-order valence-electron chi connectivity index (χ1n) is 8.44. The number of carbonyl (C=O) groups is 1. The van der Waals surface area contributed by atoms with Crippen molar-refractivity contribution in [2.75, 3.05) is 5.75 Å². The van der Waals surface area contributed by atoms with Gasteiger partial charge in [0.2, 0.25) is 11.8 Å². The molecule has 1 amide bonds. The van der Waals surface area contributed by atoms with Gasteiger partial charge in [-0.25, -0.2) is 4.98 Å². The van der Waals surface area contributed by atoms with Crippen LogP contribution in [0.1, 0.15) is 50.2 Å². The Morgan fingerprint density at radius 2 is 2.12 bits per heavy atom.